The van der Waals surface area contributed by atoms with E-state index in [0.29, 0.717) is 17.0 Å². The number of hydrogen-bond acceptors (Lipinski definition) is 5. The molecule has 0 unspecified atom stereocenters. The van der Waals surface area contributed by atoms with E-state index in [9.17, 15) is 14.4 Å². The molecule has 1 aromatic heterocycles. The van der Waals surface area contributed by atoms with Crippen molar-refractivity contribution in [1.29, 1.82) is 0 Å². The quantitative estimate of drug-likeness (QED) is 0.638. The molecule has 8 heteroatoms. The second kappa shape index (κ2) is 9.59. The predicted molar refractivity (Wildman–Crippen MR) is 104 cm³/mol. The number of carbonyl (C=O) groups excluding carboxylic acids is 3. The van der Waals surface area contributed by atoms with Gasteiger partial charge in [0, 0.05) is 18.8 Å². The van der Waals surface area contributed by atoms with Crippen molar-refractivity contribution in [2.75, 3.05) is 31.5 Å². The lowest BCUT2D eigenvalue weighted by atomic mass is 10.1. The predicted octanol–water partition coefficient (Wildman–Crippen LogP) is 1.36. The van der Waals surface area contributed by atoms with Gasteiger partial charge in [-0.15, -0.1) is 0 Å². The first-order valence-electron chi connectivity index (χ1n) is 9.31. The minimum Gasteiger partial charge on any atom is -0.467 e. The molecule has 0 spiro atoms. The van der Waals surface area contributed by atoms with Crippen LogP contribution in [0.5, 0.6) is 0 Å². The van der Waals surface area contributed by atoms with Gasteiger partial charge in [-0.05, 0) is 37.1 Å². The third-order valence-corrected chi connectivity index (χ3v) is 4.51. The van der Waals surface area contributed by atoms with Crippen molar-refractivity contribution in [2.24, 2.45) is 0 Å². The third-order valence-electron chi connectivity index (χ3n) is 4.51. The Balaban J connectivity index is 1.47. The van der Waals surface area contributed by atoms with E-state index in [1.54, 1.807) is 47.6 Å². The molecule has 1 saturated heterocycles. The van der Waals surface area contributed by atoms with Crippen molar-refractivity contribution in [1.82, 2.24) is 15.5 Å². The van der Waals surface area contributed by atoms with E-state index >= 15 is 0 Å². The maximum absolute atomic E-state index is 12.4. The molecule has 3 rings (SSSR count). The highest BCUT2D eigenvalue weighted by molar-refractivity contribution is 6.00. The SMILES string of the molecule is O=C(CNc1ccccc1C(=O)NCc1ccco1)NCC(=O)N1CCCC1. The standard InChI is InChI=1S/C20H24N4O4/c25-18(22-14-19(26)24-9-3-4-10-24)13-21-17-8-2-1-7-16(17)20(27)23-12-15-6-5-11-28-15/h1-2,5-8,11,21H,3-4,9-10,12-14H2,(H,22,25)(H,23,27). The topological polar surface area (TPSA) is 104 Å². The highest BCUT2D eigenvalue weighted by Crippen LogP contribution is 2.15. The maximum atomic E-state index is 12.4. The van der Waals surface area contributed by atoms with Crippen LogP contribution in [-0.4, -0.2) is 48.8 Å². The van der Waals surface area contributed by atoms with Crippen molar-refractivity contribution in [3.05, 3.63) is 54.0 Å². The molecule has 0 saturated carbocycles. The monoisotopic (exact) mass is 384 g/mol. The van der Waals surface area contributed by atoms with Crippen molar-refractivity contribution in [3.8, 4) is 0 Å². The summed E-state index contributed by atoms with van der Waals surface area (Å²) in [5, 5.41) is 8.35. The van der Waals surface area contributed by atoms with E-state index in [-0.39, 0.29) is 37.4 Å². The van der Waals surface area contributed by atoms with Gasteiger partial charge in [-0.1, -0.05) is 12.1 Å². The third kappa shape index (κ3) is 5.35. The number of anilines is 1. The van der Waals surface area contributed by atoms with Crippen LogP contribution in [0.15, 0.2) is 47.1 Å². The minimum atomic E-state index is -0.307. The van der Waals surface area contributed by atoms with Gasteiger partial charge in [0.2, 0.25) is 11.8 Å². The lowest BCUT2D eigenvalue weighted by Crippen LogP contribution is -2.40. The van der Waals surface area contributed by atoms with Crippen molar-refractivity contribution >= 4 is 23.4 Å². The first-order valence-corrected chi connectivity index (χ1v) is 9.31. The van der Waals surface area contributed by atoms with Crippen LogP contribution in [0.1, 0.15) is 29.0 Å². The molecule has 0 atom stereocenters. The van der Waals surface area contributed by atoms with Gasteiger partial charge in [-0.2, -0.15) is 0 Å². The molecule has 2 aromatic rings. The molecule has 1 aliphatic heterocycles. The van der Waals surface area contributed by atoms with Crippen LogP contribution < -0.4 is 16.0 Å². The summed E-state index contributed by atoms with van der Waals surface area (Å²) < 4.78 is 5.20. The lowest BCUT2D eigenvalue weighted by Gasteiger charge is -2.16. The molecule has 0 bridgehead atoms. The molecule has 1 aliphatic rings. The summed E-state index contributed by atoms with van der Waals surface area (Å²) in [6.07, 6.45) is 3.57. The second-order valence-corrected chi connectivity index (χ2v) is 6.53. The Morgan fingerprint density at radius 3 is 2.50 bits per heavy atom. The lowest BCUT2D eigenvalue weighted by molar-refractivity contribution is -0.131. The number of nitrogens with zero attached hydrogens (tertiary/aromatic N) is 1. The van der Waals surface area contributed by atoms with E-state index < -0.39 is 0 Å². The van der Waals surface area contributed by atoms with Crippen LogP contribution in [0, 0.1) is 0 Å². The van der Waals surface area contributed by atoms with Gasteiger partial charge >= 0.3 is 0 Å². The number of furan rings is 1. The number of amides is 3. The zero-order valence-corrected chi connectivity index (χ0v) is 15.6. The zero-order chi connectivity index (χ0) is 19.8. The molecular formula is C20H24N4O4. The van der Waals surface area contributed by atoms with Crippen LogP contribution in [0.3, 0.4) is 0 Å². The highest BCUT2D eigenvalue weighted by atomic mass is 16.3. The van der Waals surface area contributed by atoms with Crippen molar-refractivity contribution < 1.29 is 18.8 Å². The molecule has 2 heterocycles. The van der Waals surface area contributed by atoms with Crippen LogP contribution in [-0.2, 0) is 16.1 Å². The van der Waals surface area contributed by atoms with Gasteiger partial charge in [-0.3, -0.25) is 14.4 Å². The average molecular weight is 384 g/mol. The van der Waals surface area contributed by atoms with Gasteiger partial charge in [0.15, 0.2) is 0 Å². The van der Waals surface area contributed by atoms with E-state index in [2.05, 4.69) is 16.0 Å². The van der Waals surface area contributed by atoms with Gasteiger partial charge in [0.05, 0.1) is 31.5 Å². The first-order chi connectivity index (χ1) is 13.6. The molecule has 8 nitrogen and oxygen atoms in total. The normalized spacial score (nSPS) is 13.2. The highest BCUT2D eigenvalue weighted by Gasteiger charge is 2.18. The van der Waals surface area contributed by atoms with Crippen molar-refractivity contribution in [3.63, 3.8) is 0 Å². The second-order valence-electron chi connectivity index (χ2n) is 6.53. The first kappa shape index (κ1) is 19.5. The van der Waals surface area contributed by atoms with Crippen LogP contribution >= 0.6 is 0 Å². The summed E-state index contributed by atoms with van der Waals surface area (Å²) in [5.41, 5.74) is 0.968. The number of carbonyl (C=O) groups is 3. The summed E-state index contributed by atoms with van der Waals surface area (Å²) in [7, 11) is 0. The Labute approximate surface area is 163 Å². The van der Waals surface area contributed by atoms with Crippen LogP contribution in [0.4, 0.5) is 5.69 Å². The van der Waals surface area contributed by atoms with Crippen LogP contribution in [0.2, 0.25) is 0 Å². The zero-order valence-electron chi connectivity index (χ0n) is 15.6. The van der Waals surface area contributed by atoms with Crippen LogP contribution in [0.25, 0.3) is 0 Å². The Hall–Kier alpha value is -3.29. The van der Waals surface area contributed by atoms with Crippen molar-refractivity contribution in [2.45, 2.75) is 19.4 Å². The molecule has 148 valence electrons. The van der Waals surface area contributed by atoms with Gasteiger partial charge in [0.1, 0.15) is 5.76 Å². The molecule has 3 N–H and O–H groups in total. The van der Waals surface area contributed by atoms with E-state index in [0.717, 1.165) is 25.9 Å². The van der Waals surface area contributed by atoms with Gasteiger partial charge < -0.3 is 25.3 Å². The fraction of sp³-hybridized carbons (Fsp3) is 0.350. The summed E-state index contributed by atoms with van der Waals surface area (Å²) in [5.74, 6) is 0.00635. The number of likely N-dealkylation sites (tertiary alicyclic amines) is 1. The fourth-order valence-electron chi connectivity index (χ4n) is 3.00. The van der Waals surface area contributed by atoms with E-state index in [1.165, 1.54) is 0 Å². The van der Waals surface area contributed by atoms with E-state index in [1.807, 2.05) is 0 Å². The largest absolute Gasteiger partial charge is 0.467 e. The number of para-hydroxylation sites is 1. The molecule has 1 fully saturated rings. The Morgan fingerprint density at radius 2 is 1.75 bits per heavy atom. The van der Waals surface area contributed by atoms with Gasteiger partial charge in [0.25, 0.3) is 5.91 Å². The molecule has 1 aromatic carbocycles. The molecule has 0 radical (unpaired) electrons. The molecular weight excluding hydrogens is 360 g/mol. The Kier molecular flexibility index (Phi) is 6.67. The summed E-state index contributed by atoms with van der Waals surface area (Å²) in [6, 6.07) is 10.5. The molecule has 0 aliphatic carbocycles. The number of nitrogens with one attached hydrogen (secondary N) is 3. The van der Waals surface area contributed by atoms with E-state index in [4.69, 9.17) is 4.42 Å². The molecule has 3 amide bonds. The summed E-state index contributed by atoms with van der Waals surface area (Å²) in [4.78, 5) is 38.2. The fourth-order valence-corrected chi connectivity index (χ4v) is 3.00. The number of rotatable bonds is 8. The minimum absolute atomic E-state index is 0.00814. The average Bonchev–Trinajstić information content (AvgIpc) is 3.43. The van der Waals surface area contributed by atoms with Gasteiger partial charge in [-0.25, -0.2) is 0 Å². The smallest absolute Gasteiger partial charge is 0.253 e. The number of hydrogen-bond donors (Lipinski definition) is 3. The number of benzene rings is 1. The maximum Gasteiger partial charge on any atom is 0.253 e. The molecule has 28 heavy (non-hydrogen) atoms. The Morgan fingerprint density at radius 1 is 0.964 bits per heavy atom. The summed E-state index contributed by atoms with van der Waals surface area (Å²) >= 11 is 0. The Bertz CT molecular complexity index is 813. The summed E-state index contributed by atoms with van der Waals surface area (Å²) in [6.45, 7) is 1.75.